The number of aliphatic hydroxyl groups is 1. The summed E-state index contributed by atoms with van der Waals surface area (Å²) in [7, 11) is -2.17. The number of nitrogens with one attached hydrogen (secondary N) is 1. The molecule has 0 saturated heterocycles. The van der Waals surface area contributed by atoms with E-state index in [9.17, 15) is 23.1 Å². The second kappa shape index (κ2) is 16.5. The molecule has 2 aromatic carbocycles. The maximum Gasteiger partial charge on any atom is 0.258 e. The lowest BCUT2D eigenvalue weighted by Crippen LogP contribution is -2.48. The van der Waals surface area contributed by atoms with Crippen LogP contribution in [0.4, 0.5) is 5.69 Å². The van der Waals surface area contributed by atoms with Crippen LogP contribution < -0.4 is 10.1 Å². The number of sulfonamides is 1. The number of hydrogen-bond acceptors (Lipinski definition) is 8. The molecule has 0 fully saturated rings. The van der Waals surface area contributed by atoms with E-state index in [1.807, 2.05) is 44.2 Å². The normalized spacial score (nSPS) is 20.8. The SMILES string of the molecule is C[C@@H]1CCCCO[C@H](CN(C)S(=O)(=O)c2cccs2)[C@@H](C)CN([C@@H](C)CO)C(=O)c2cc(NC(=O)Cc3ccccc3)ccc2O1. The zero-order valence-corrected chi connectivity index (χ0v) is 28.6. The molecule has 4 rings (SSSR count). The fraction of sp³-hybridized carbons (Fsp3) is 0.471. The van der Waals surface area contributed by atoms with Gasteiger partial charge in [0.15, 0.2) is 0 Å². The molecule has 1 aliphatic heterocycles. The van der Waals surface area contributed by atoms with Gasteiger partial charge in [-0.15, -0.1) is 11.3 Å². The summed E-state index contributed by atoms with van der Waals surface area (Å²) < 4.78 is 40.6. The number of hydrogen-bond donors (Lipinski definition) is 2. The Morgan fingerprint density at radius 3 is 2.59 bits per heavy atom. The Bertz CT molecular complexity index is 1530. The second-order valence-electron chi connectivity index (χ2n) is 11.9. The molecule has 1 aliphatic rings. The number of aliphatic hydroxyl groups excluding tert-OH is 1. The number of carbonyl (C=O) groups excluding carboxylic acids is 2. The Kier molecular flexibility index (Phi) is 12.8. The van der Waals surface area contributed by atoms with E-state index in [4.69, 9.17) is 9.47 Å². The van der Waals surface area contributed by atoms with Gasteiger partial charge in [-0.25, -0.2) is 8.42 Å². The molecule has 0 unspecified atom stereocenters. The third kappa shape index (κ3) is 9.38. The van der Waals surface area contributed by atoms with E-state index in [0.717, 1.165) is 36.2 Å². The summed E-state index contributed by atoms with van der Waals surface area (Å²) in [5.74, 6) is -0.485. The van der Waals surface area contributed by atoms with E-state index in [0.29, 0.717) is 18.0 Å². The molecule has 46 heavy (non-hydrogen) atoms. The molecule has 2 N–H and O–H groups in total. The topological polar surface area (TPSA) is 125 Å². The molecule has 3 aromatic rings. The molecule has 4 atom stereocenters. The quantitative estimate of drug-likeness (QED) is 0.326. The Hall–Kier alpha value is -3.29. The first kappa shape index (κ1) is 35.6. The van der Waals surface area contributed by atoms with E-state index in [2.05, 4.69) is 5.32 Å². The van der Waals surface area contributed by atoms with Crippen LogP contribution in [0.1, 0.15) is 56.0 Å². The van der Waals surface area contributed by atoms with Gasteiger partial charge < -0.3 is 24.8 Å². The summed E-state index contributed by atoms with van der Waals surface area (Å²) in [6.45, 7) is 6.07. The first-order valence-corrected chi connectivity index (χ1v) is 18.0. The van der Waals surface area contributed by atoms with Crippen molar-refractivity contribution in [3.8, 4) is 5.75 Å². The minimum Gasteiger partial charge on any atom is -0.490 e. The van der Waals surface area contributed by atoms with Crippen LogP contribution in [0.5, 0.6) is 5.75 Å². The first-order valence-electron chi connectivity index (χ1n) is 15.7. The van der Waals surface area contributed by atoms with Crippen molar-refractivity contribution >= 4 is 38.9 Å². The fourth-order valence-corrected chi connectivity index (χ4v) is 7.75. The van der Waals surface area contributed by atoms with Crippen LogP contribution in [-0.2, 0) is 26.0 Å². The summed E-state index contributed by atoms with van der Waals surface area (Å²) >= 11 is 1.16. The van der Waals surface area contributed by atoms with Gasteiger partial charge in [0.25, 0.3) is 15.9 Å². The van der Waals surface area contributed by atoms with Crippen molar-refractivity contribution < 1.29 is 32.6 Å². The Morgan fingerprint density at radius 1 is 1.13 bits per heavy atom. The number of likely N-dealkylation sites (N-methyl/N-ethyl adjacent to an activating group) is 1. The van der Waals surface area contributed by atoms with E-state index in [1.165, 1.54) is 4.31 Å². The molecular weight excluding hydrogens is 627 g/mol. The number of ether oxygens (including phenoxy) is 2. The van der Waals surface area contributed by atoms with Crippen LogP contribution in [-0.4, -0.2) is 86.1 Å². The molecule has 10 nitrogen and oxygen atoms in total. The summed E-state index contributed by atoms with van der Waals surface area (Å²) in [5, 5.41) is 14.8. The summed E-state index contributed by atoms with van der Waals surface area (Å²) in [6, 6.07) is 17.2. The summed E-state index contributed by atoms with van der Waals surface area (Å²) in [5.41, 5.74) is 1.59. The zero-order valence-electron chi connectivity index (χ0n) is 26.9. The van der Waals surface area contributed by atoms with Crippen molar-refractivity contribution in [2.45, 2.75) is 68.9 Å². The van der Waals surface area contributed by atoms with Crippen molar-refractivity contribution in [1.82, 2.24) is 9.21 Å². The van der Waals surface area contributed by atoms with Crippen LogP contribution in [0.25, 0.3) is 0 Å². The van der Waals surface area contributed by atoms with Gasteiger partial charge in [0.05, 0.1) is 36.8 Å². The fourth-order valence-electron chi connectivity index (χ4n) is 5.36. The molecule has 12 heteroatoms. The first-order chi connectivity index (χ1) is 22.0. The Labute approximate surface area is 276 Å². The third-order valence-electron chi connectivity index (χ3n) is 8.14. The number of thiophene rings is 1. The maximum absolute atomic E-state index is 14.3. The van der Waals surface area contributed by atoms with Crippen LogP contribution in [0, 0.1) is 5.92 Å². The molecule has 2 heterocycles. The molecule has 0 spiro atoms. The highest BCUT2D eigenvalue weighted by atomic mass is 32.2. The number of carbonyl (C=O) groups is 2. The average Bonchev–Trinajstić information content (AvgIpc) is 3.59. The van der Waals surface area contributed by atoms with Crippen molar-refractivity contribution in [3.05, 3.63) is 77.2 Å². The number of rotatable bonds is 9. The third-order valence-corrected chi connectivity index (χ3v) is 11.3. The van der Waals surface area contributed by atoms with Crippen LogP contribution in [0.2, 0.25) is 0 Å². The Balaban J connectivity index is 1.62. The smallest absolute Gasteiger partial charge is 0.258 e. The number of nitrogens with zero attached hydrogens (tertiary/aromatic N) is 2. The standard InChI is InChI=1S/C34H45N3O7S2/c1-24-21-37(25(2)23-38)34(40)29-20-28(35-32(39)19-27-12-6-5-7-13-27)15-16-30(29)44-26(3)11-8-9-17-43-31(24)22-36(4)46(41,42)33-14-10-18-45-33/h5-7,10,12-16,18,20,24-26,31,38H,8-9,11,17,19,21-23H2,1-4H3,(H,35,39)/t24-,25-,26+,31+/m0/s1. The highest BCUT2D eigenvalue weighted by Crippen LogP contribution is 2.29. The minimum absolute atomic E-state index is 0.102. The van der Waals surface area contributed by atoms with E-state index >= 15 is 0 Å². The van der Waals surface area contributed by atoms with Gasteiger partial charge in [0.2, 0.25) is 5.91 Å². The zero-order chi connectivity index (χ0) is 33.3. The number of benzene rings is 2. The summed E-state index contributed by atoms with van der Waals surface area (Å²) in [4.78, 5) is 28.7. The van der Waals surface area contributed by atoms with Gasteiger partial charge in [-0.1, -0.05) is 43.3 Å². The predicted molar refractivity (Wildman–Crippen MR) is 180 cm³/mol. The molecule has 1 aromatic heterocycles. The Morgan fingerprint density at radius 2 is 1.89 bits per heavy atom. The second-order valence-corrected chi connectivity index (χ2v) is 15.2. The van der Waals surface area contributed by atoms with Gasteiger partial charge in [0, 0.05) is 38.3 Å². The number of fused-ring (bicyclic) bond motifs is 1. The van der Waals surface area contributed by atoms with Crippen LogP contribution >= 0.6 is 11.3 Å². The lowest BCUT2D eigenvalue weighted by Gasteiger charge is -2.35. The van der Waals surface area contributed by atoms with E-state index in [1.54, 1.807) is 54.6 Å². The predicted octanol–water partition coefficient (Wildman–Crippen LogP) is 5.05. The van der Waals surface area contributed by atoms with Crippen molar-refractivity contribution in [1.29, 1.82) is 0 Å². The molecule has 0 saturated carbocycles. The van der Waals surface area contributed by atoms with Crippen molar-refractivity contribution in [2.75, 3.05) is 38.7 Å². The van der Waals surface area contributed by atoms with E-state index < -0.39 is 22.2 Å². The molecule has 0 radical (unpaired) electrons. The molecular formula is C34H45N3O7S2. The van der Waals surface area contributed by atoms with Crippen molar-refractivity contribution in [3.63, 3.8) is 0 Å². The minimum atomic E-state index is -3.71. The van der Waals surface area contributed by atoms with Gasteiger partial charge in [-0.2, -0.15) is 4.31 Å². The van der Waals surface area contributed by atoms with Crippen LogP contribution in [0.15, 0.2) is 70.3 Å². The highest BCUT2D eigenvalue weighted by molar-refractivity contribution is 7.91. The van der Waals surface area contributed by atoms with Gasteiger partial charge in [-0.05, 0) is 68.3 Å². The molecule has 2 amide bonds. The van der Waals surface area contributed by atoms with Gasteiger partial charge >= 0.3 is 0 Å². The van der Waals surface area contributed by atoms with Crippen LogP contribution in [0.3, 0.4) is 0 Å². The number of anilines is 1. The molecule has 250 valence electrons. The maximum atomic E-state index is 14.3. The lowest BCUT2D eigenvalue weighted by molar-refractivity contribution is -0.115. The summed E-state index contributed by atoms with van der Waals surface area (Å²) in [6.07, 6.45) is 1.76. The number of amides is 2. The monoisotopic (exact) mass is 671 g/mol. The molecule has 0 aliphatic carbocycles. The average molecular weight is 672 g/mol. The lowest BCUT2D eigenvalue weighted by atomic mass is 10.0. The van der Waals surface area contributed by atoms with Gasteiger partial charge in [-0.3, -0.25) is 9.59 Å². The largest absolute Gasteiger partial charge is 0.490 e. The van der Waals surface area contributed by atoms with Gasteiger partial charge in [0.1, 0.15) is 9.96 Å². The van der Waals surface area contributed by atoms with Crippen molar-refractivity contribution in [2.24, 2.45) is 5.92 Å². The highest BCUT2D eigenvalue weighted by Gasteiger charge is 2.32. The van der Waals surface area contributed by atoms with E-state index in [-0.39, 0.29) is 59.7 Å². The molecule has 0 bridgehead atoms.